The summed E-state index contributed by atoms with van der Waals surface area (Å²) >= 11 is 5.94. The molecule has 3 heteroatoms. The van der Waals surface area contributed by atoms with Gasteiger partial charge in [-0.2, -0.15) is 12.6 Å². The Labute approximate surface area is 112 Å². The molecule has 1 aromatic carbocycles. The lowest BCUT2D eigenvalue weighted by Crippen LogP contribution is -1.88. The minimum absolute atomic E-state index is 0.583. The first kappa shape index (κ1) is 12.7. The van der Waals surface area contributed by atoms with Gasteiger partial charge in [0.2, 0.25) is 0 Å². The summed E-state index contributed by atoms with van der Waals surface area (Å²) in [6.07, 6.45) is 0.948. The Bertz CT molecular complexity index is 471. The van der Waals surface area contributed by atoms with Crippen molar-refractivity contribution in [3.63, 3.8) is 0 Å². The standard InChI is InChI=1S/C14H17NS2/c1-10(2)11-3-5-12(6-4-11)14-15-13(7-8-16)9-17-14/h3-6,9-10,16H,7-8H2,1-2H3. The van der Waals surface area contributed by atoms with Crippen molar-refractivity contribution >= 4 is 24.0 Å². The Morgan fingerprint density at radius 1 is 1.24 bits per heavy atom. The predicted molar refractivity (Wildman–Crippen MR) is 79.2 cm³/mol. The molecule has 0 fully saturated rings. The summed E-state index contributed by atoms with van der Waals surface area (Å²) in [5.41, 5.74) is 3.73. The van der Waals surface area contributed by atoms with Crippen molar-refractivity contribution in [3.8, 4) is 10.6 Å². The topological polar surface area (TPSA) is 12.9 Å². The van der Waals surface area contributed by atoms with E-state index < -0.39 is 0 Å². The third kappa shape index (κ3) is 3.11. The fourth-order valence-corrected chi connectivity index (χ4v) is 2.77. The van der Waals surface area contributed by atoms with E-state index in [9.17, 15) is 0 Å². The van der Waals surface area contributed by atoms with E-state index in [2.05, 4.69) is 61.1 Å². The second-order valence-electron chi connectivity index (χ2n) is 4.39. The smallest absolute Gasteiger partial charge is 0.123 e. The number of nitrogens with zero attached hydrogens (tertiary/aromatic N) is 1. The highest BCUT2D eigenvalue weighted by Gasteiger charge is 2.05. The van der Waals surface area contributed by atoms with Gasteiger partial charge in [0.25, 0.3) is 0 Å². The maximum Gasteiger partial charge on any atom is 0.123 e. The molecular formula is C14H17NS2. The summed E-state index contributed by atoms with van der Waals surface area (Å²) in [6.45, 7) is 4.42. The van der Waals surface area contributed by atoms with Crippen LogP contribution in [-0.2, 0) is 6.42 Å². The zero-order chi connectivity index (χ0) is 12.3. The van der Waals surface area contributed by atoms with Gasteiger partial charge in [0.1, 0.15) is 5.01 Å². The number of hydrogen-bond donors (Lipinski definition) is 1. The fraction of sp³-hybridized carbons (Fsp3) is 0.357. The van der Waals surface area contributed by atoms with E-state index in [1.165, 1.54) is 11.1 Å². The highest BCUT2D eigenvalue weighted by atomic mass is 32.1. The number of rotatable bonds is 4. The molecule has 0 bridgehead atoms. The Hall–Kier alpha value is -0.800. The molecule has 1 nitrogen and oxygen atoms in total. The van der Waals surface area contributed by atoms with Crippen LogP contribution in [0.4, 0.5) is 0 Å². The molecule has 0 saturated heterocycles. The summed E-state index contributed by atoms with van der Waals surface area (Å²) in [7, 11) is 0. The van der Waals surface area contributed by atoms with Crippen molar-refractivity contribution in [2.75, 3.05) is 5.75 Å². The number of aryl methyl sites for hydroxylation is 1. The van der Waals surface area contributed by atoms with E-state index in [1.807, 2.05) is 0 Å². The minimum Gasteiger partial charge on any atom is -0.241 e. The van der Waals surface area contributed by atoms with Gasteiger partial charge in [-0.05, 0) is 23.7 Å². The Morgan fingerprint density at radius 2 is 1.94 bits per heavy atom. The zero-order valence-corrected chi connectivity index (χ0v) is 11.9. The van der Waals surface area contributed by atoms with Crippen LogP contribution in [0.1, 0.15) is 31.0 Å². The number of thiazole rings is 1. The van der Waals surface area contributed by atoms with Gasteiger partial charge < -0.3 is 0 Å². The molecule has 1 aromatic heterocycles. The Morgan fingerprint density at radius 3 is 2.53 bits per heavy atom. The molecular weight excluding hydrogens is 246 g/mol. The highest BCUT2D eigenvalue weighted by Crippen LogP contribution is 2.25. The van der Waals surface area contributed by atoms with Crippen LogP contribution in [0.5, 0.6) is 0 Å². The van der Waals surface area contributed by atoms with Crippen molar-refractivity contribution in [1.29, 1.82) is 0 Å². The highest BCUT2D eigenvalue weighted by molar-refractivity contribution is 7.80. The van der Waals surface area contributed by atoms with Gasteiger partial charge in [-0.25, -0.2) is 4.98 Å². The van der Waals surface area contributed by atoms with E-state index in [0.29, 0.717) is 5.92 Å². The van der Waals surface area contributed by atoms with E-state index in [-0.39, 0.29) is 0 Å². The average Bonchev–Trinajstić information content (AvgIpc) is 2.78. The molecule has 0 unspecified atom stereocenters. The molecule has 0 N–H and O–H groups in total. The lowest BCUT2D eigenvalue weighted by molar-refractivity contribution is 0.867. The number of thiol groups is 1. The molecule has 0 aliphatic heterocycles. The normalized spacial score (nSPS) is 11.1. The SMILES string of the molecule is CC(C)c1ccc(-c2nc(CCS)cs2)cc1. The summed E-state index contributed by atoms with van der Waals surface area (Å²) < 4.78 is 0. The summed E-state index contributed by atoms with van der Waals surface area (Å²) in [6, 6.07) is 8.72. The molecule has 17 heavy (non-hydrogen) atoms. The maximum absolute atomic E-state index is 4.61. The number of hydrogen-bond acceptors (Lipinski definition) is 3. The van der Waals surface area contributed by atoms with Gasteiger partial charge in [0.15, 0.2) is 0 Å². The van der Waals surface area contributed by atoms with Crippen LogP contribution in [0.2, 0.25) is 0 Å². The summed E-state index contributed by atoms with van der Waals surface area (Å²) in [5.74, 6) is 1.44. The molecule has 2 aromatic rings. The second-order valence-corrected chi connectivity index (χ2v) is 5.70. The van der Waals surface area contributed by atoms with E-state index in [1.54, 1.807) is 11.3 Å². The van der Waals surface area contributed by atoms with Crippen LogP contribution in [-0.4, -0.2) is 10.7 Å². The van der Waals surface area contributed by atoms with Crippen LogP contribution in [0.15, 0.2) is 29.6 Å². The van der Waals surface area contributed by atoms with Crippen LogP contribution >= 0.6 is 24.0 Å². The van der Waals surface area contributed by atoms with Crippen molar-refractivity contribution in [2.24, 2.45) is 0 Å². The molecule has 2 rings (SSSR count). The monoisotopic (exact) mass is 263 g/mol. The number of benzene rings is 1. The number of aromatic nitrogens is 1. The molecule has 90 valence electrons. The van der Waals surface area contributed by atoms with Crippen LogP contribution in [0, 0.1) is 0 Å². The molecule has 0 spiro atoms. The summed E-state index contributed by atoms with van der Waals surface area (Å²) in [4.78, 5) is 4.61. The maximum atomic E-state index is 4.61. The molecule has 0 radical (unpaired) electrons. The molecule has 0 atom stereocenters. The molecule has 0 aliphatic carbocycles. The van der Waals surface area contributed by atoms with Crippen molar-refractivity contribution < 1.29 is 0 Å². The Kier molecular flexibility index (Phi) is 4.24. The fourth-order valence-electron chi connectivity index (χ4n) is 1.68. The largest absolute Gasteiger partial charge is 0.241 e. The van der Waals surface area contributed by atoms with Crippen LogP contribution in [0.25, 0.3) is 10.6 Å². The minimum atomic E-state index is 0.583. The third-order valence-electron chi connectivity index (χ3n) is 2.74. The first-order valence-electron chi connectivity index (χ1n) is 5.86. The van der Waals surface area contributed by atoms with E-state index >= 15 is 0 Å². The predicted octanol–water partition coefficient (Wildman–Crippen LogP) is 4.41. The average molecular weight is 263 g/mol. The quantitative estimate of drug-likeness (QED) is 0.806. The second kappa shape index (κ2) is 5.69. The Balaban J connectivity index is 2.21. The van der Waals surface area contributed by atoms with Crippen LogP contribution < -0.4 is 0 Å². The van der Waals surface area contributed by atoms with Crippen molar-refractivity contribution in [1.82, 2.24) is 4.98 Å². The van der Waals surface area contributed by atoms with Crippen molar-refractivity contribution in [2.45, 2.75) is 26.2 Å². The molecule has 0 saturated carbocycles. The molecule has 1 heterocycles. The zero-order valence-electron chi connectivity index (χ0n) is 10.2. The first-order valence-corrected chi connectivity index (χ1v) is 7.37. The van der Waals surface area contributed by atoms with Gasteiger partial charge >= 0.3 is 0 Å². The lowest BCUT2D eigenvalue weighted by atomic mass is 10.0. The summed E-state index contributed by atoms with van der Waals surface area (Å²) in [5, 5.41) is 3.24. The molecule has 0 amide bonds. The van der Waals surface area contributed by atoms with Crippen LogP contribution in [0.3, 0.4) is 0 Å². The lowest BCUT2D eigenvalue weighted by Gasteiger charge is -2.05. The van der Waals surface area contributed by atoms with Gasteiger partial charge in [0.05, 0.1) is 5.69 Å². The van der Waals surface area contributed by atoms with E-state index in [4.69, 9.17) is 0 Å². The van der Waals surface area contributed by atoms with E-state index in [0.717, 1.165) is 22.9 Å². The third-order valence-corrected chi connectivity index (χ3v) is 3.91. The molecule has 0 aliphatic rings. The van der Waals surface area contributed by atoms with Crippen molar-refractivity contribution in [3.05, 3.63) is 40.9 Å². The first-order chi connectivity index (χ1) is 8.20. The van der Waals surface area contributed by atoms with Gasteiger partial charge in [-0.1, -0.05) is 38.1 Å². The van der Waals surface area contributed by atoms with Gasteiger partial charge in [-0.15, -0.1) is 11.3 Å². The van der Waals surface area contributed by atoms with Gasteiger partial charge in [-0.3, -0.25) is 0 Å². The van der Waals surface area contributed by atoms with Gasteiger partial charge in [0, 0.05) is 10.9 Å².